The second-order valence-corrected chi connectivity index (χ2v) is 8.21. The molecule has 0 saturated carbocycles. The van der Waals surface area contributed by atoms with Crippen LogP contribution < -0.4 is 5.32 Å². The molecule has 0 bridgehead atoms. The highest BCUT2D eigenvalue weighted by atomic mass is 35.5. The highest BCUT2D eigenvalue weighted by molar-refractivity contribution is 6.30. The number of benzene rings is 3. The smallest absolute Gasteiger partial charge is 0.134 e. The van der Waals surface area contributed by atoms with Crippen molar-refractivity contribution in [2.24, 2.45) is 0 Å². The number of rotatable bonds is 7. The van der Waals surface area contributed by atoms with Crippen LogP contribution in [0.2, 0.25) is 5.02 Å². The van der Waals surface area contributed by atoms with Crippen molar-refractivity contribution < 1.29 is 22.6 Å². The molecule has 0 amide bonds. The summed E-state index contributed by atoms with van der Waals surface area (Å²) in [5.74, 6) is -2.93. The molecule has 7 heteroatoms. The van der Waals surface area contributed by atoms with Gasteiger partial charge in [-0.15, -0.1) is 0 Å². The van der Waals surface area contributed by atoms with Gasteiger partial charge in [-0.05, 0) is 36.2 Å². The topological polar surface area (TPSA) is 30.5 Å². The van der Waals surface area contributed by atoms with E-state index < -0.39 is 29.2 Å². The van der Waals surface area contributed by atoms with Crippen LogP contribution in [0, 0.1) is 17.5 Å². The van der Waals surface area contributed by atoms with E-state index in [-0.39, 0.29) is 12.2 Å². The van der Waals surface area contributed by atoms with Crippen LogP contribution in [0.5, 0.6) is 0 Å². The molecule has 3 aromatic rings. The lowest BCUT2D eigenvalue weighted by molar-refractivity contribution is -0.177. The standard InChI is InChI=1S/C25H23ClF3NO2/c26-19-8-6-18(7-9-19)25(32-16-21-22(28)12-20(27)13-23(21)29)10-11-30-14-24(25)31-15-17-4-2-1-3-5-17/h1-9,12-13,24,30H,10-11,14-16H2/t24-,25-/m0/s1. The Morgan fingerprint density at radius 2 is 1.62 bits per heavy atom. The molecule has 1 saturated heterocycles. The maximum absolute atomic E-state index is 14.3. The average Bonchev–Trinajstić information content (AvgIpc) is 2.79. The summed E-state index contributed by atoms with van der Waals surface area (Å²) in [6, 6.07) is 18.2. The molecule has 1 aliphatic heterocycles. The van der Waals surface area contributed by atoms with Crippen LogP contribution >= 0.6 is 11.6 Å². The van der Waals surface area contributed by atoms with Crippen molar-refractivity contribution in [1.82, 2.24) is 5.32 Å². The lowest BCUT2D eigenvalue weighted by atomic mass is 9.82. The third-order valence-corrected chi connectivity index (χ3v) is 5.98. The van der Waals surface area contributed by atoms with Gasteiger partial charge in [-0.3, -0.25) is 0 Å². The Morgan fingerprint density at radius 3 is 2.31 bits per heavy atom. The summed E-state index contributed by atoms with van der Waals surface area (Å²) in [6.45, 7) is 1.10. The SMILES string of the molecule is Fc1cc(F)c(CO[C@]2(c3ccc(Cl)cc3)CCNC[C@@H]2OCc2ccccc2)c(F)c1. The first-order chi connectivity index (χ1) is 15.5. The quantitative estimate of drug-likeness (QED) is 0.486. The normalized spacial score (nSPS) is 20.9. The molecule has 0 unspecified atom stereocenters. The van der Waals surface area contributed by atoms with Gasteiger partial charge in [-0.1, -0.05) is 54.1 Å². The molecule has 4 rings (SSSR count). The molecule has 1 aliphatic rings. The van der Waals surface area contributed by atoms with E-state index >= 15 is 0 Å². The monoisotopic (exact) mass is 461 g/mol. The van der Waals surface area contributed by atoms with Crippen molar-refractivity contribution in [3.8, 4) is 0 Å². The molecule has 2 atom stereocenters. The third-order valence-electron chi connectivity index (χ3n) is 5.73. The van der Waals surface area contributed by atoms with Crippen LogP contribution in [-0.2, 0) is 28.3 Å². The fraction of sp³-hybridized carbons (Fsp3) is 0.280. The predicted octanol–water partition coefficient (Wildman–Crippen LogP) is 5.75. The van der Waals surface area contributed by atoms with Gasteiger partial charge < -0.3 is 14.8 Å². The number of halogens is 4. The first-order valence-electron chi connectivity index (χ1n) is 10.4. The predicted molar refractivity (Wildman–Crippen MR) is 117 cm³/mol. The van der Waals surface area contributed by atoms with Gasteiger partial charge in [0.05, 0.1) is 13.2 Å². The van der Waals surface area contributed by atoms with E-state index in [0.717, 1.165) is 11.1 Å². The third kappa shape index (κ3) is 4.99. The Balaban J connectivity index is 1.65. The Kier molecular flexibility index (Phi) is 7.16. The summed E-state index contributed by atoms with van der Waals surface area (Å²) in [4.78, 5) is 0. The van der Waals surface area contributed by atoms with E-state index in [4.69, 9.17) is 21.1 Å². The van der Waals surface area contributed by atoms with Gasteiger partial charge in [0.25, 0.3) is 0 Å². The molecule has 0 radical (unpaired) electrons. The summed E-state index contributed by atoms with van der Waals surface area (Å²) in [5.41, 5.74) is 0.501. The van der Waals surface area contributed by atoms with E-state index in [0.29, 0.717) is 43.3 Å². The summed E-state index contributed by atoms with van der Waals surface area (Å²) in [5, 5.41) is 3.87. The van der Waals surface area contributed by atoms with E-state index in [9.17, 15) is 13.2 Å². The molecule has 1 heterocycles. The molecule has 3 nitrogen and oxygen atoms in total. The van der Waals surface area contributed by atoms with Crippen molar-refractivity contribution in [1.29, 1.82) is 0 Å². The van der Waals surface area contributed by atoms with E-state index in [1.165, 1.54) is 0 Å². The van der Waals surface area contributed by atoms with Crippen molar-refractivity contribution in [3.63, 3.8) is 0 Å². The fourth-order valence-corrected chi connectivity index (χ4v) is 4.15. The van der Waals surface area contributed by atoms with Crippen molar-refractivity contribution in [2.45, 2.75) is 31.3 Å². The molecular formula is C25H23ClF3NO2. The second-order valence-electron chi connectivity index (χ2n) is 7.77. The lowest BCUT2D eigenvalue weighted by Gasteiger charge is -2.44. The number of hydrogen-bond acceptors (Lipinski definition) is 3. The van der Waals surface area contributed by atoms with Crippen LogP contribution in [-0.4, -0.2) is 19.2 Å². The zero-order valence-electron chi connectivity index (χ0n) is 17.3. The van der Waals surface area contributed by atoms with Gasteiger partial charge >= 0.3 is 0 Å². The number of nitrogens with one attached hydrogen (secondary N) is 1. The minimum Gasteiger partial charge on any atom is -0.369 e. The van der Waals surface area contributed by atoms with E-state index in [2.05, 4.69) is 5.32 Å². The van der Waals surface area contributed by atoms with E-state index in [1.807, 2.05) is 42.5 Å². The first-order valence-corrected chi connectivity index (χ1v) is 10.8. The number of piperidine rings is 1. The molecule has 3 aromatic carbocycles. The molecule has 168 valence electrons. The van der Waals surface area contributed by atoms with Crippen molar-refractivity contribution in [3.05, 3.63) is 106 Å². The minimum atomic E-state index is -0.982. The molecule has 1 N–H and O–H groups in total. The number of hydrogen-bond donors (Lipinski definition) is 1. The van der Waals surface area contributed by atoms with Crippen LogP contribution in [0.3, 0.4) is 0 Å². The Bertz CT molecular complexity index is 1030. The summed E-state index contributed by atoms with van der Waals surface area (Å²) in [7, 11) is 0. The van der Waals surface area contributed by atoms with Crippen LogP contribution in [0.15, 0.2) is 66.7 Å². The zero-order valence-corrected chi connectivity index (χ0v) is 18.0. The minimum absolute atomic E-state index is 0.319. The molecular weight excluding hydrogens is 439 g/mol. The average molecular weight is 462 g/mol. The lowest BCUT2D eigenvalue weighted by Crippen LogP contribution is -2.54. The summed E-state index contributed by atoms with van der Waals surface area (Å²) < 4.78 is 54.5. The molecule has 0 aliphatic carbocycles. The molecule has 0 spiro atoms. The highest BCUT2D eigenvalue weighted by Gasteiger charge is 2.45. The Morgan fingerprint density at radius 1 is 0.938 bits per heavy atom. The summed E-state index contributed by atoms with van der Waals surface area (Å²) >= 11 is 6.08. The molecule has 0 aromatic heterocycles. The van der Waals surface area contributed by atoms with Crippen molar-refractivity contribution >= 4 is 11.6 Å². The van der Waals surface area contributed by atoms with Gasteiger partial charge in [0.15, 0.2) is 0 Å². The fourth-order valence-electron chi connectivity index (χ4n) is 4.02. The summed E-state index contributed by atoms with van der Waals surface area (Å²) in [6.07, 6.45) is 0.0719. The van der Waals surface area contributed by atoms with Crippen molar-refractivity contribution in [2.75, 3.05) is 13.1 Å². The van der Waals surface area contributed by atoms with E-state index in [1.54, 1.807) is 12.1 Å². The van der Waals surface area contributed by atoms with Crippen LogP contribution in [0.25, 0.3) is 0 Å². The highest BCUT2D eigenvalue weighted by Crippen LogP contribution is 2.39. The maximum Gasteiger partial charge on any atom is 0.134 e. The molecule has 1 fully saturated rings. The van der Waals surface area contributed by atoms with Gasteiger partial charge in [0, 0.05) is 29.3 Å². The second kappa shape index (κ2) is 10.0. The maximum atomic E-state index is 14.3. The first kappa shape index (κ1) is 22.8. The Hall–Kier alpha value is -2.38. The van der Waals surface area contributed by atoms with Crippen LogP contribution in [0.4, 0.5) is 13.2 Å². The van der Waals surface area contributed by atoms with Gasteiger partial charge in [0.1, 0.15) is 29.2 Å². The van der Waals surface area contributed by atoms with Gasteiger partial charge in [-0.25, -0.2) is 13.2 Å². The largest absolute Gasteiger partial charge is 0.369 e. The number of ether oxygens (including phenoxy) is 2. The van der Waals surface area contributed by atoms with Gasteiger partial charge in [-0.2, -0.15) is 0 Å². The molecule has 32 heavy (non-hydrogen) atoms. The Labute approximate surface area is 190 Å². The van der Waals surface area contributed by atoms with Crippen LogP contribution in [0.1, 0.15) is 23.1 Å². The van der Waals surface area contributed by atoms with Gasteiger partial charge in [0.2, 0.25) is 0 Å². The zero-order chi connectivity index (χ0) is 22.6.